The molecule has 2 aromatic carbocycles. The number of aliphatic hydroxyl groups is 1. The Hall–Kier alpha value is -3.16. The van der Waals surface area contributed by atoms with Crippen molar-refractivity contribution in [1.29, 1.82) is 0 Å². The topological polar surface area (TPSA) is 66.8 Å². The molecular formula is C24H19ClFNO4S. The van der Waals surface area contributed by atoms with Gasteiger partial charge in [-0.15, -0.1) is 11.3 Å². The number of amides is 1. The summed E-state index contributed by atoms with van der Waals surface area (Å²) in [7, 11) is 0. The molecule has 4 rings (SSSR count). The lowest BCUT2D eigenvalue weighted by Gasteiger charge is -2.24. The van der Waals surface area contributed by atoms with Gasteiger partial charge in [0, 0.05) is 17.0 Å². The van der Waals surface area contributed by atoms with Crippen LogP contribution in [-0.4, -0.2) is 28.3 Å². The van der Waals surface area contributed by atoms with E-state index in [9.17, 15) is 19.1 Å². The van der Waals surface area contributed by atoms with Crippen molar-refractivity contribution in [3.05, 3.63) is 92.4 Å². The first-order valence-corrected chi connectivity index (χ1v) is 11.2. The molecule has 1 unspecified atom stereocenters. The maximum Gasteiger partial charge on any atom is 0.295 e. The molecule has 0 spiro atoms. The molecule has 1 aliphatic heterocycles. The van der Waals surface area contributed by atoms with E-state index in [2.05, 4.69) is 0 Å². The second-order valence-electron chi connectivity index (χ2n) is 7.15. The number of aliphatic hydroxyl groups excluding tert-OH is 1. The SMILES string of the molecule is CCOc1cc(/C(O)=C2/C(=O)C(=O)N(Cc3ccc(F)cc3)C2c2cccs2)ccc1Cl. The van der Waals surface area contributed by atoms with Gasteiger partial charge in [-0.25, -0.2) is 4.39 Å². The van der Waals surface area contributed by atoms with Crippen molar-refractivity contribution in [2.24, 2.45) is 0 Å². The first kappa shape index (κ1) is 22.0. The molecule has 164 valence electrons. The van der Waals surface area contributed by atoms with E-state index < -0.39 is 23.5 Å². The Bertz CT molecular complexity index is 1190. The van der Waals surface area contributed by atoms with Crippen molar-refractivity contribution >= 4 is 40.4 Å². The number of carbonyl (C=O) groups excluding carboxylic acids is 2. The predicted molar refractivity (Wildman–Crippen MR) is 121 cm³/mol. The van der Waals surface area contributed by atoms with Gasteiger partial charge in [-0.1, -0.05) is 29.8 Å². The number of ether oxygens (including phenoxy) is 1. The van der Waals surface area contributed by atoms with Gasteiger partial charge in [0.25, 0.3) is 11.7 Å². The van der Waals surface area contributed by atoms with Crippen LogP contribution in [-0.2, 0) is 16.1 Å². The number of halogens is 2. The maximum absolute atomic E-state index is 13.3. The zero-order valence-corrected chi connectivity index (χ0v) is 18.6. The Morgan fingerprint density at radius 3 is 2.59 bits per heavy atom. The number of likely N-dealkylation sites (tertiary alicyclic amines) is 1. The summed E-state index contributed by atoms with van der Waals surface area (Å²) in [5, 5.41) is 13.3. The van der Waals surface area contributed by atoms with Gasteiger partial charge in [0.05, 0.1) is 23.2 Å². The number of carbonyl (C=O) groups is 2. The lowest BCUT2D eigenvalue weighted by atomic mass is 9.99. The minimum atomic E-state index is -0.782. The van der Waals surface area contributed by atoms with Crippen LogP contribution in [0.15, 0.2) is 65.6 Å². The highest BCUT2D eigenvalue weighted by molar-refractivity contribution is 7.10. The molecule has 5 nitrogen and oxygen atoms in total. The molecule has 1 saturated heterocycles. The van der Waals surface area contributed by atoms with Crippen LogP contribution in [0.2, 0.25) is 5.02 Å². The van der Waals surface area contributed by atoms with Crippen LogP contribution < -0.4 is 4.74 Å². The van der Waals surface area contributed by atoms with Crippen LogP contribution in [0.3, 0.4) is 0 Å². The van der Waals surface area contributed by atoms with Gasteiger partial charge in [0.15, 0.2) is 0 Å². The molecule has 1 N–H and O–H groups in total. The average Bonchev–Trinajstić information content (AvgIpc) is 3.39. The van der Waals surface area contributed by atoms with Crippen molar-refractivity contribution in [3.63, 3.8) is 0 Å². The second-order valence-corrected chi connectivity index (χ2v) is 8.53. The van der Waals surface area contributed by atoms with Crippen molar-refractivity contribution in [2.75, 3.05) is 6.61 Å². The van der Waals surface area contributed by atoms with Crippen molar-refractivity contribution < 1.29 is 23.8 Å². The minimum Gasteiger partial charge on any atom is -0.507 e. The molecule has 0 radical (unpaired) electrons. The van der Waals surface area contributed by atoms with Crippen LogP contribution >= 0.6 is 22.9 Å². The number of benzene rings is 2. The summed E-state index contributed by atoms with van der Waals surface area (Å²) in [6, 6.07) is 13.2. The molecule has 1 fully saturated rings. The number of nitrogens with zero attached hydrogens (tertiary/aromatic N) is 1. The number of ketones is 1. The first-order valence-electron chi connectivity index (χ1n) is 9.89. The normalized spacial score (nSPS) is 17.7. The highest BCUT2D eigenvalue weighted by Crippen LogP contribution is 2.42. The Kier molecular flexibility index (Phi) is 6.30. The fourth-order valence-electron chi connectivity index (χ4n) is 3.64. The van der Waals surface area contributed by atoms with Gasteiger partial charge in [-0.2, -0.15) is 0 Å². The smallest absolute Gasteiger partial charge is 0.295 e. The standard InChI is InChI=1S/C24H19ClFNO4S/c1-2-31-18-12-15(7-10-17(18)25)22(28)20-21(19-4-3-11-32-19)27(24(30)23(20)29)13-14-5-8-16(26)9-6-14/h3-12,21,28H,2,13H2,1H3/b22-20-. The monoisotopic (exact) mass is 471 g/mol. The quantitative estimate of drug-likeness (QED) is 0.290. The number of thiophene rings is 1. The Balaban J connectivity index is 1.81. The summed E-state index contributed by atoms with van der Waals surface area (Å²) in [6.45, 7) is 2.27. The Morgan fingerprint density at radius 2 is 1.94 bits per heavy atom. The summed E-state index contributed by atoms with van der Waals surface area (Å²) in [5.74, 6) is -1.84. The van der Waals surface area contributed by atoms with E-state index in [1.807, 2.05) is 11.4 Å². The first-order chi connectivity index (χ1) is 15.4. The zero-order valence-electron chi connectivity index (χ0n) is 17.0. The van der Waals surface area contributed by atoms with E-state index in [1.165, 1.54) is 28.4 Å². The van der Waals surface area contributed by atoms with Gasteiger partial charge in [0.2, 0.25) is 0 Å². The van der Waals surface area contributed by atoms with Gasteiger partial charge in [0.1, 0.15) is 17.3 Å². The number of rotatable bonds is 6. The van der Waals surface area contributed by atoms with E-state index in [0.29, 0.717) is 28.5 Å². The van der Waals surface area contributed by atoms with Crippen LogP contribution in [0.25, 0.3) is 5.76 Å². The molecule has 32 heavy (non-hydrogen) atoms. The van der Waals surface area contributed by atoms with Crippen LogP contribution in [0.5, 0.6) is 5.75 Å². The third-order valence-electron chi connectivity index (χ3n) is 5.12. The zero-order chi connectivity index (χ0) is 22.8. The molecule has 3 aromatic rings. The van der Waals surface area contributed by atoms with Crippen LogP contribution in [0.1, 0.15) is 29.0 Å². The molecule has 0 saturated carbocycles. The predicted octanol–water partition coefficient (Wildman–Crippen LogP) is 5.56. The summed E-state index contributed by atoms with van der Waals surface area (Å²) < 4.78 is 18.8. The lowest BCUT2D eigenvalue weighted by molar-refractivity contribution is -0.140. The molecule has 2 heterocycles. The van der Waals surface area contributed by atoms with Crippen LogP contribution in [0.4, 0.5) is 4.39 Å². The second kappa shape index (κ2) is 9.14. The average molecular weight is 472 g/mol. The van der Waals surface area contributed by atoms with E-state index in [1.54, 1.807) is 43.3 Å². The summed E-state index contributed by atoms with van der Waals surface area (Å²) in [6.07, 6.45) is 0. The van der Waals surface area contributed by atoms with E-state index in [0.717, 1.165) is 4.88 Å². The Labute approximate surface area is 193 Å². The molecule has 8 heteroatoms. The number of hydrogen-bond acceptors (Lipinski definition) is 5. The van der Waals surface area contributed by atoms with E-state index in [-0.39, 0.29) is 17.9 Å². The van der Waals surface area contributed by atoms with Crippen molar-refractivity contribution in [3.8, 4) is 5.75 Å². The number of hydrogen-bond donors (Lipinski definition) is 1. The molecule has 1 aromatic heterocycles. The summed E-state index contributed by atoms with van der Waals surface area (Å²) in [4.78, 5) is 28.1. The van der Waals surface area contributed by atoms with Gasteiger partial charge in [-0.3, -0.25) is 9.59 Å². The summed E-state index contributed by atoms with van der Waals surface area (Å²) >= 11 is 7.52. The number of Topliss-reactive ketones (excluding diaryl/α,β-unsaturated/α-hetero) is 1. The van der Waals surface area contributed by atoms with Gasteiger partial charge < -0.3 is 14.7 Å². The van der Waals surface area contributed by atoms with Crippen LogP contribution in [0, 0.1) is 5.82 Å². The highest BCUT2D eigenvalue weighted by Gasteiger charge is 2.46. The van der Waals surface area contributed by atoms with E-state index >= 15 is 0 Å². The molecule has 1 atom stereocenters. The lowest BCUT2D eigenvalue weighted by Crippen LogP contribution is -2.28. The van der Waals surface area contributed by atoms with Gasteiger partial charge >= 0.3 is 0 Å². The third-order valence-corrected chi connectivity index (χ3v) is 6.36. The van der Waals surface area contributed by atoms with Gasteiger partial charge in [-0.05, 0) is 54.3 Å². The minimum absolute atomic E-state index is 0.00988. The van der Waals surface area contributed by atoms with Crippen molar-refractivity contribution in [2.45, 2.75) is 19.5 Å². The maximum atomic E-state index is 13.3. The third kappa shape index (κ3) is 4.13. The molecule has 0 bridgehead atoms. The molecule has 1 amide bonds. The van der Waals surface area contributed by atoms with Crippen molar-refractivity contribution in [1.82, 2.24) is 4.90 Å². The largest absolute Gasteiger partial charge is 0.507 e. The summed E-state index contributed by atoms with van der Waals surface area (Å²) in [5.41, 5.74) is 0.975. The molecule has 0 aliphatic carbocycles. The molecule has 1 aliphatic rings. The fourth-order valence-corrected chi connectivity index (χ4v) is 4.66. The van der Waals surface area contributed by atoms with E-state index in [4.69, 9.17) is 16.3 Å². The highest BCUT2D eigenvalue weighted by atomic mass is 35.5. The molecular weight excluding hydrogens is 453 g/mol. The fraction of sp³-hybridized carbons (Fsp3) is 0.167. The Morgan fingerprint density at radius 1 is 1.19 bits per heavy atom.